The molecule has 0 spiro atoms. The van der Waals surface area contributed by atoms with Gasteiger partial charge in [-0.15, -0.1) is 0 Å². The molecule has 124 valence electrons. The van der Waals surface area contributed by atoms with Crippen molar-refractivity contribution in [3.63, 3.8) is 0 Å². The van der Waals surface area contributed by atoms with Crippen LogP contribution in [0, 0.1) is 0 Å². The Morgan fingerprint density at radius 2 is 1.83 bits per heavy atom. The maximum Gasteiger partial charge on any atom is 0.316 e. The summed E-state index contributed by atoms with van der Waals surface area (Å²) < 4.78 is 5.22. The number of nitrogen functional groups attached to an aromatic ring is 1. The number of hydrogen-bond donors (Lipinski definition) is 3. The number of para-hydroxylation sites is 1. The molecular formula is C15H20N4O4. The largest absolute Gasteiger partial charge is 0.398 e. The Hall–Kier alpha value is -2.45. The summed E-state index contributed by atoms with van der Waals surface area (Å²) >= 11 is 0. The molecule has 1 heterocycles. The molecule has 8 heteroatoms. The first-order valence-electron chi connectivity index (χ1n) is 7.36. The fourth-order valence-electron chi connectivity index (χ4n) is 2.16. The molecule has 0 radical (unpaired) electrons. The van der Waals surface area contributed by atoms with Crippen molar-refractivity contribution >= 4 is 23.4 Å². The summed E-state index contributed by atoms with van der Waals surface area (Å²) in [7, 11) is 0. The molecular weight excluding hydrogens is 300 g/mol. The van der Waals surface area contributed by atoms with Gasteiger partial charge in [-0.1, -0.05) is 12.1 Å². The second kappa shape index (κ2) is 8.25. The van der Waals surface area contributed by atoms with Crippen LogP contribution in [0.3, 0.4) is 0 Å². The predicted molar refractivity (Wildman–Crippen MR) is 83.6 cm³/mol. The number of benzene rings is 1. The van der Waals surface area contributed by atoms with Crippen molar-refractivity contribution in [3.05, 3.63) is 29.8 Å². The van der Waals surface area contributed by atoms with Crippen LogP contribution in [0.4, 0.5) is 5.69 Å². The summed E-state index contributed by atoms with van der Waals surface area (Å²) in [6.07, 6.45) is 0. The molecule has 4 N–H and O–H groups in total. The highest BCUT2D eigenvalue weighted by Gasteiger charge is 2.19. The van der Waals surface area contributed by atoms with Gasteiger partial charge in [0.2, 0.25) is 0 Å². The normalized spacial score (nSPS) is 15.0. The second-order valence-electron chi connectivity index (χ2n) is 5.08. The average molecular weight is 320 g/mol. The lowest BCUT2D eigenvalue weighted by molar-refractivity contribution is -0.138. The van der Waals surface area contributed by atoms with Gasteiger partial charge >= 0.3 is 11.8 Å². The van der Waals surface area contributed by atoms with Crippen molar-refractivity contribution in [1.29, 1.82) is 0 Å². The first kappa shape index (κ1) is 16.9. The van der Waals surface area contributed by atoms with Crippen LogP contribution in [0.15, 0.2) is 24.3 Å². The van der Waals surface area contributed by atoms with E-state index in [1.807, 2.05) is 5.32 Å². The van der Waals surface area contributed by atoms with Crippen LogP contribution >= 0.6 is 0 Å². The summed E-state index contributed by atoms with van der Waals surface area (Å²) in [5, 5.41) is 4.51. The van der Waals surface area contributed by atoms with Crippen molar-refractivity contribution in [2.24, 2.45) is 0 Å². The van der Waals surface area contributed by atoms with E-state index in [9.17, 15) is 14.4 Å². The van der Waals surface area contributed by atoms with E-state index in [2.05, 4.69) is 10.2 Å². The molecule has 3 amide bonds. The monoisotopic (exact) mass is 320 g/mol. The van der Waals surface area contributed by atoms with Gasteiger partial charge in [0.1, 0.15) is 0 Å². The zero-order valence-electron chi connectivity index (χ0n) is 12.7. The SMILES string of the molecule is Nc1ccccc1C(=O)NC(=O)C(=O)NCCN1CCOCC1. The van der Waals surface area contributed by atoms with E-state index in [1.54, 1.807) is 18.2 Å². The van der Waals surface area contributed by atoms with Crippen molar-refractivity contribution < 1.29 is 19.1 Å². The van der Waals surface area contributed by atoms with Gasteiger partial charge < -0.3 is 15.8 Å². The molecule has 1 aliphatic rings. The molecule has 0 aromatic heterocycles. The number of carbonyl (C=O) groups is 3. The highest BCUT2D eigenvalue weighted by molar-refractivity contribution is 6.38. The first-order valence-corrected chi connectivity index (χ1v) is 7.36. The minimum absolute atomic E-state index is 0.155. The quantitative estimate of drug-likeness (QED) is 0.483. The number of amides is 3. The second-order valence-corrected chi connectivity index (χ2v) is 5.08. The van der Waals surface area contributed by atoms with E-state index in [-0.39, 0.29) is 11.3 Å². The van der Waals surface area contributed by atoms with Crippen LogP contribution in [0.1, 0.15) is 10.4 Å². The summed E-state index contributed by atoms with van der Waals surface area (Å²) in [5.41, 5.74) is 6.04. The third kappa shape index (κ3) is 5.04. The lowest BCUT2D eigenvalue weighted by Gasteiger charge is -2.26. The topological polar surface area (TPSA) is 114 Å². The van der Waals surface area contributed by atoms with Crippen molar-refractivity contribution in [2.75, 3.05) is 45.1 Å². The number of rotatable bonds is 4. The molecule has 0 atom stereocenters. The highest BCUT2D eigenvalue weighted by atomic mass is 16.5. The lowest BCUT2D eigenvalue weighted by atomic mass is 10.1. The van der Waals surface area contributed by atoms with Crippen molar-refractivity contribution in [3.8, 4) is 0 Å². The number of anilines is 1. The van der Waals surface area contributed by atoms with Crippen LogP contribution in [-0.2, 0) is 14.3 Å². The van der Waals surface area contributed by atoms with E-state index in [0.29, 0.717) is 26.3 Å². The van der Waals surface area contributed by atoms with Crippen LogP contribution in [0.5, 0.6) is 0 Å². The minimum atomic E-state index is -1.000. The van der Waals surface area contributed by atoms with Crippen LogP contribution < -0.4 is 16.4 Å². The maximum absolute atomic E-state index is 11.9. The Kier molecular flexibility index (Phi) is 6.07. The number of morpholine rings is 1. The van der Waals surface area contributed by atoms with Crippen LogP contribution in [0.2, 0.25) is 0 Å². The molecule has 0 saturated carbocycles. The maximum atomic E-state index is 11.9. The molecule has 23 heavy (non-hydrogen) atoms. The van der Waals surface area contributed by atoms with Gasteiger partial charge in [0, 0.05) is 31.9 Å². The molecule has 2 rings (SSSR count). The Morgan fingerprint density at radius 1 is 1.13 bits per heavy atom. The number of hydrogen-bond acceptors (Lipinski definition) is 6. The van der Waals surface area contributed by atoms with Gasteiger partial charge in [-0.25, -0.2) is 0 Å². The van der Waals surface area contributed by atoms with Gasteiger partial charge in [0.25, 0.3) is 5.91 Å². The highest BCUT2D eigenvalue weighted by Crippen LogP contribution is 2.09. The fraction of sp³-hybridized carbons (Fsp3) is 0.400. The zero-order chi connectivity index (χ0) is 16.7. The smallest absolute Gasteiger partial charge is 0.316 e. The molecule has 1 fully saturated rings. The van der Waals surface area contributed by atoms with Crippen LogP contribution in [0.25, 0.3) is 0 Å². The molecule has 1 aliphatic heterocycles. The average Bonchev–Trinajstić information content (AvgIpc) is 2.56. The van der Waals surface area contributed by atoms with Crippen molar-refractivity contribution in [2.45, 2.75) is 0 Å². The summed E-state index contributed by atoms with van der Waals surface area (Å²) in [5.74, 6) is -2.54. The predicted octanol–water partition coefficient (Wildman–Crippen LogP) is -1.03. The fourth-order valence-corrected chi connectivity index (χ4v) is 2.16. The van der Waals surface area contributed by atoms with Gasteiger partial charge in [-0.3, -0.25) is 24.6 Å². The van der Waals surface area contributed by atoms with Gasteiger partial charge in [-0.05, 0) is 12.1 Å². The Balaban J connectivity index is 1.75. The number of ether oxygens (including phenoxy) is 1. The summed E-state index contributed by atoms with van der Waals surface area (Å²) in [6, 6.07) is 6.32. The molecule has 8 nitrogen and oxygen atoms in total. The number of carbonyl (C=O) groups excluding carboxylic acids is 3. The number of nitrogens with two attached hydrogens (primary N) is 1. The molecule has 1 saturated heterocycles. The van der Waals surface area contributed by atoms with E-state index >= 15 is 0 Å². The molecule has 0 bridgehead atoms. The van der Waals surface area contributed by atoms with Crippen molar-refractivity contribution in [1.82, 2.24) is 15.5 Å². The van der Waals surface area contributed by atoms with Gasteiger partial charge in [-0.2, -0.15) is 0 Å². The minimum Gasteiger partial charge on any atom is -0.398 e. The van der Waals surface area contributed by atoms with E-state index in [0.717, 1.165) is 13.1 Å². The Labute approximate surface area is 134 Å². The number of imide groups is 1. The first-order chi connectivity index (χ1) is 11.1. The van der Waals surface area contributed by atoms with Gasteiger partial charge in [0.15, 0.2) is 0 Å². The Morgan fingerprint density at radius 3 is 2.52 bits per heavy atom. The lowest BCUT2D eigenvalue weighted by Crippen LogP contribution is -2.46. The summed E-state index contributed by atoms with van der Waals surface area (Å²) in [6.45, 7) is 3.89. The van der Waals surface area contributed by atoms with E-state index in [1.165, 1.54) is 6.07 Å². The molecule has 0 unspecified atom stereocenters. The van der Waals surface area contributed by atoms with Gasteiger partial charge in [0.05, 0.1) is 18.8 Å². The molecule has 1 aromatic rings. The third-order valence-corrected chi connectivity index (χ3v) is 3.46. The summed E-state index contributed by atoms with van der Waals surface area (Å²) in [4.78, 5) is 37.4. The molecule has 1 aromatic carbocycles. The van der Waals surface area contributed by atoms with Crippen LogP contribution in [-0.4, -0.2) is 62.0 Å². The molecule has 0 aliphatic carbocycles. The standard InChI is InChI=1S/C15H20N4O4/c16-12-4-2-1-3-11(12)13(20)18-15(22)14(21)17-5-6-19-7-9-23-10-8-19/h1-4H,5-10,16H2,(H,17,21)(H,18,20,22). The van der Waals surface area contributed by atoms with E-state index < -0.39 is 17.7 Å². The third-order valence-electron chi connectivity index (χ3n) is 3.46. The zero-order valence-corrected chi connectivity index (χ0v) is 12.7. The van der Waals surface area contributed by atoms with E-state index in [4.69, 9.17) is 10.5 Å². The number of nitrogens with one attached hydrogen (secondary N) is 2. The Bertz CT molecular complexity index is 585. The number of nitrogens with zero attached hydrogens (tertiary/aromatic N) is 1.